The van der Waals surface area contributed by atoms with Gasteiger partial charge in [-0.15, -0.1) is 0 Å². The van der Waals surface area contributed by atoms with E-state index in [1.165, 1.54) is 12.5 Å². The Balaban J connectivity index is 1.79. The molecule has 100 valence electrons. The summed E-state index contributed by atoms with van der Waals surface area (Å²) in [6.07, 6.45) is 5.11. The number of carbonyl (C=O) groups excluding carboxylic acids is 1. The highest BCUT2D eigenvalue weighted by molar-refractivity contribution is 6.30. The Hall–Kier alpha value is -1.81. The first-order valence-corrected chi connectivity index (χ1v) is 6.56. The van der Waals surface area contributed by atoms with Gasteiger partial charge in [-0.1, -0.05) is 23.7 Å². The molecule has 0 aliphatic rings. The van der Waals surface area contributed by atoms with Crippen LogP contribution in [0, 0.1) is 0 Å². The summed E-state index contributed by atoms with van der Waals surface area (Å²) in [6.45, 7) is 2.31. The van der Waals surface area contributed by atoms with Crippen LogP contribution in [0.1, 0.15) is 29.4 Å². The molecule has 4 nitrogen and oxygen atoms in total. The van der Waals surface area contributed by atoms with E-state index in [9.17, 15) is 4.79 Å². The van der Waals surface area contributed by atoms with Gasteiger partial charge in [0, 0.05) is 18.5 Å². The van der Waals surface area contributed by atoms with E-state index in [2.05, 4.69) is 10.4 Å². The number of nitrogens with zero attached hydrogens (tertiary/aromatic N) is 2. The minimum atomic E-state index is 0.00250. The van der Waals surface area contributed by atoms with Crippen LogP contribution in [-0.2, 0) is 6.42 Å². The fourth-order valence-electron chi connectivity index (χ4n) is 1.82. The van der Waals surface area contributed by atoms with Crippen LogP contribution in [0.15, 0.2) is 36.8 Å². The molecular formula is C14H16ClN3O. The number of ketones is 1. The molecule has 2 aromatic rings. The second-order valence-corrected chi connectivity index (χ2v) is 4.78. The summed E-state index contributed by atoms with van der Waals surface area (Å²) in [5.41, 5.74) is 4.99. The molecule has 0 spiro atoms. The maximum absolute atomic E-state index is 11.3. The summed E-state index contributed by atoms with van der Waals surface area (Å²) < 4.78 is 1.67. The number of aromatic nitrogens is 2. The van der Waals surface area contributed by atoms with Crippen molar-refractivity contribution >= 4 is 17.4 Å². The molecule has 0 radical (unpaired) electrons. The van der Waals surface area contributed by atoms with E-state index in [0.717, 1.165) is 24.4 Å². The van der Waals surface area contributed by atoms with Gasteiger partial charge in [0.15, 0.2) is 5.78 Å². The van der Waals surface area contributed by atoms with Crippen molar-refractivity contribution in [2.24, 2.45) is 0 Å². The normalized spacial score (nSPS) is 10.4. The van der Waals surface area contributed by atoms with Gasteiger partial charge in [-0.25, -0.2) is 9.66 Å². The van der Waals surface area contributed by atoms with Crippen LogP contribution in [0.2, 0.25) is 5.02 Å². The minimum absolute atomic E-state index is 0.00250. The van der Waals surface area contributed by atoms with Crippen LogP contribution in [0.3, 0.4) is 0 Å². The minimum Gasteiger partial charge on any atom is -0.324 e. The van der Waals surface area contributed by atoms with Gasteiger partial charge >= 0.3 is 0 Å². The Labute approximate surface area is 117 Å². The second-order valence-electron chi connectivity index (χ2n) is 4.34. The lowest BCUT2D eigenvalue weighted by Gasteiger charge is -2.09. The van der Waals surface area contributed by atoms with E-state index >= 15 is 0 Å². The molecule has 0 aliphatic carbocycles. The van der Waals surface area contributed by atoms with E-state index in [1.54, 1.807) is 17.2 Å². The van der Waals surface area contributed by atoms with Gasteiger partial charge in [0.1, 0.15) is 12.0 Å². The number of halogens is 1. The van der Waals surface area contributed by atoms with Crippen LogP contribution >= 0.6 is 11.6 Å². The number of benzene rings is 1. The maximum Gasteiger partial charge on any atom is 0.179 e. The summed E-state index contributed by atoms with van der Waals surface area (Å²) in [5.74, 6) is 0.00250. The highest BCUT2D eigenvalue weighted by Gasteiger charge is 2.05. The van der Waals surface area contributed by atoms with Gasteiger partial charge in [-0.05, 0) is 30.5 Å². The topological polar surface area (TPSA) is 46.9 Å². The first-order valence-electron chi connectivity index (χ1n) is 6.18. The van der Waals surface area contributed by atoms with Crippen molar-refractivity contribution in [1.82, 2.24) is 9.66 Å². The molecule has 2 rings (SSSR count). The number of hydrogen-bond donors (Lipinski definition) is 1. The second kappa shape index (κ2) is 6.38. The number of hydrogen-bond acceptors (Lipinski definition) is 3. The summed E-state index contributed by atoms with van der Waals surface area (Å²) in [7, 11) is 0. The molecule has 0 bridgehead atoms. The Morgan fingerprint density at radius 3 is 2.79 bits per heavy atom. The van der Waals surface area contributed by atoms with E-state index in [0.29, 0.717) is 5.69 Å². The molecule has 1 N–H and O–H groups in total. The summed E-state index contributed by atoms with van der Waals surface area (Å²) >= 11 is 5.83. The van der Waals surface area contributed by atoms with E-state index in [1.807, 2.05) is 24.3 Å². The van der Waals surface area contributed by atoms with Crippen LogP contribution in [0.25, 0.3) is 0 Å². The van der Waals surface area contributed by atoms with E-state index < -0.39 is 0 Å². The molecule has 5 heteroatoms. The van der Waals surface area contributed by atoms with Crippen molar-refractivity contribution in [1.29, 1.82) is 0 Å². The third kappa shape index (κ3) is 3.83. The molecule has 19 heavy (non-hydrogen) atoms. The molecule has 0 aliphatic heterocycles. The van der Waals surface area contributed by atoms with Crippen molar-refractivity contribution < 1.29 is 4.79 Å². The zero-order valence-corrected chi connectivity index (χ0v) is 11.5. The summed E-state index contributed by atoms with van der Waals surface area (Å²) in [4.78, 5) is 15.3. The molecule has 0 atom stereocenters. The van der Waals surface area contributed by atoms with Crippen molar-refractivity contribution in [2.45, 2.75) is 19.8 Å². The number of carbonyl (C=O) groups is 1. The van der Waals surface area contributed by atoms with Gasteiger partial charge in [0.2, 0.25) is 0 Å². The fraction of sp³-hybridized carbons (Fsp3) is 0.286. The molecule has 0 unspecified atom stereocenters. The first kappa shape index (κ1) is 13.6. The van der Waals surface area contributed by atoms with Gasteiger partial charge in [0.25, 0.3) is 0 Å². The molecule has 0 saturated heterocycles. The number of rotatable bonds is 6. The maximum atomic E-state index is 11.3. The Bertz CT molecular complexity index is 548. The third-order valence-electron chi connectivity index (χ3n) is 2.84. The molecular weight excluding hydrogens is 262 g/mol. The van der Waals surface area contributed by atoms with Crippen molar-refractivity contribution in [3.8, 4) is 0 Å². The predicted octanol–water partition coefficient (Wildman–Crippen LogP) is 2.92. The third-order valence-corrected chi connectivity index (χ3v) is 3.09. The highest BCUT2D eigenvalue weighted by atomic mass is 35.5. The standard InChI is InChI=1S/C14H16ClN3O/c1-11(19)14-9-16-10-18(14)17-8-2-3-12-4-6-13(15)7-5-12/h4-7,9-10,17H,2-3,8H2,1H3. The summed E-state index contributed by atoms with van der Waals surface area (Å²) in [6, 6.07) is 7.85. The zero-order chi connectivity index (χ0) is 13.7. The largest absolute Gasteiger partial charge is 0.324 e. The van der Waals surface area contributed by atoms with Crippen LogP contribution < -0.4 is 5.43 Å². The SMILES string of the molecule is CC(=O)c1cncn1NCCCc1ccc(Cl)cc1. The van der Waals surface area contributed by atoms with Crippen molar-refractivity contribution in [2.75, 3.05) is 12.0 Å². The highest BCUT2D eigenvalue weighted by Crippen LogP contribution is 2.10. The summed E-state index contributed by atoms with van der Waals surface area (Å²) in [5, 5.41) is 0.756. The van der Waals surface area contributed by atoms with Crippen molar-refractivity contribution in [3.05, 3.63) is 53.1 Å². The number of aryl methyl sites for hydroxylation is 1. The van der Waals surface area contributed by atoms with Gasteiger partial charge in [0.05, 0.1) is 6.20 Å². The monoisotopic (exact) mass is 277 g/mol. The predicted molar refractivity (Wildman–Crippen MR) is 76.2 cm³/mol. The van der Waals surface area contributed by atoms with Gasteiger partial charge in [-0.3, -0.25) is 4.79 Å². The lowest BCUT2D eigenvalue weighted by molar-refractivity contribution is 0.101. The smallest absolute Gasteiger partial charge is 0.179 e. The molecule has 0 saturated carbocycles. The van der Waals surface area contributed by atoms with E-state index in [-0.39, 0.29) is 5.78 Å². The van der Waals surface area contributed by atoms with E-state index in [4.69, 9.17) is 11.6 Å². The lowest BCUT2D eigenvalue weighted by Crippen LogP contribution is -2.19. The van der Waals surface area contributed by atoms with Crippen LogP contribution in [0.4, 0.5) is 0 Å². The zero-order valence-electron chi connectivity index (χ0n) is 10.8. The lowest BCUT2D eigenvalue weighted by atomic mass is 10.1. The fourth-order valence-corrected chi connectivity index (χ4v) is 1.95. The van der Waals surface area contributed by atoms with Gasteiger partial charge in [-0.2, -0.15) is 0 Å². The number of Topliss-reactive ketones (excluding diaryl/α,β-unsaturated/α-hetero) is 1. The molecule has 0 amide bonds. The number of imidazole rings is 1. The Morgan fingerprint density at radius 1 is 1.37 bits per heavy atom. The Morgan fingerprint density at radius 2 is 2.11 bits per heavy atom. The molecule has 1 heterocycles. The van der Waals surface area contributed by atoms with Crippen molar-refractivity contribution in [3.63, 3.8) is 0 Å². The van der Waals surface area contributed by atoms with Gasteiger partial charge < -0.3 is 5.43 Å². The molecule has 0 fully saturated rings. The average molecular weight is 278 g/mol. The number of nitrogens with one attached hydrogen (secondary N) is 1. The van der Waals surface area contributed by atoms with Crippen LogP contribution in [-0.4, -0.2) is 22.0 Å². The molecule has 1 aromatic heterocycles. The first-order chi connectivity index (χ1) is 9.16. The Kier molecular flexibility index (Phi) is 4.58. The average Bonchev–Trinajstić information content (AvgIpc) is 2.85. The molecule has 1 aromatic carbocycles. The quantitative estimate of drug-likeness (QED) is 0.652. The van der Waals surface area contributed by atoms with Crippen LogP contribution in [0.5, 0.6) is 0 Å².